The largest absolute Gasteiger partial charge is 0.464 e. The Kier molecular flexibility index (Phi) is 4.99. The molecule has 4 aromatic rings. The fourth-order valence-electron chi connectivity index (χ4n) is 4.34. The van der Waals surface area contributed by atoms with Crippen molar-refractivity contribution in [3.05, 3.63) is 48.4 Å². The SMILES string of the molecule is CC(C)(C)C1CCN(Cc2coc3cc(Oc4nc5ncccc5s4)ccc23)CC1. The predicted octanol–water partition coefficient (Wildman–Crippen LogP) is 6.49. The van der Waals surface area contributed by atoms with Crippen LogP contribution in [0.25, 0.3) is 21.3 Å². The van der Waals surface area contributed by atoms with Gasteiger partial charge in [-0.05, 0) is 61.5 Å². The molecular weight excluding hydrogens is 394 g/mol. The third kappa shape index (κ3) is 3.94. The maximum Gasteiger partial charge on any atom is 0.281 e. The molecule has 0 N–H and O–H groups in total. The molecule has 1 aromatic carbocycles. The minimum Gasteiger partial charge on any atom is -0.464 e. The van der Waals surface area contributed by atoms with E-state index in [0.717, 1.165) is 47.0 Å². The number of benzene rings is 1. The molecule has 4 heterocycles. The fourth-order valence-corrected chi connectivity index (χ4v) is 5.14. The molecule has 0 saturated carbocycles. The molecule has 0 amide bonds. The van der Waals surface area contributed by atoms with Crippen molar-refractivity contribution in [2.75, 3.05) is 13.1 Å². The molecule has 1 aliphatic heterocycles. The summed E-state index contributed by atoms with van der Waals surface area (Å²) in [5.74, 6) is 1.54. The van der Waals surface area contributed by atoms with Crippen molar-refractivity contribution >= 4 is 32.7 Å². The molecule has 0 aliphatic carbocycles. The number of piperidine rings is 1. The van der Waals surface area contributed by atoms with Gasteiger partial charge in [-0.3, -0.25) is 4.90 Å². The molecule has 1 fully saturated rings. The molecule has 0 atom stereocenters. The molecule has 156 valence electrons. The molecule has 0 spiro atoms. The van der Waals surface area contributed by atoms with Crippen LogP contribution in [0, 0.1) is 11.3 Å². The lowest BCUT2D eigenvalue weighted by molar-refractivity contribution is 0.108. The van der Waals surface area contributed by atoms with Crippen molar-refractivity contribution in [3.63, 3.8) is 0 Å². The first kappa shape index (κ1) is 19.5. The van der Waals surface area contributed by atoms with Crippen molar-refractivity contribution in [2.45, 2.75) is 40.2 Å². The minimum atomic E-state index is 0.407. The van der Waals surface area contributed by atoms with E-state index >= 15 is 0 Å². The summed E-state index contributed by atoms with van der Waals surface area (Å²) in [4.78, 5) is 11.3. The van der Waals surface area contributed by atoms with Gasteiger partial charge in [-0.1, -0.05) is 32.1 Å². The zero-order valence-corrected chi connectivity index (χ0v) is 18.5. The zero-order valence-electron chi connectivity index (χ0n) is 17.7. The normalized spacial score (nSPS) is 16.5. The summed E-state index contributed by atoms with van der Waals surface area (Å²) in [6, 6.07) is 9.94. The number of ether oxygens (including phenoxy) is 1. The standard InChI is InChI=1S/C24H27N3O2S/c1-24(2,3)17-8-11-27(12-9-17)14-16-15-28-20-13-18(6-7-19(16)20)29-23-26-22-21(30-23)5-4-10-25-22/h4-7,10,13,15,17H,8-9,11-12,14H2,1-3H3. The van der Waals surface area contributed by atoms with E-state index in [1.165, 1.54) is 29.7 Å². The number of fused-ring (bicyclic) bond motifs is 2. The summed E-state index contributed by atoms with van der Waals surface area (Å²) in [6.45, 7) is 10.3. The molecule has 0 radical (unpaired) electrons. The number of furan rings is 1. The van der Waals surface area contributed by atoms with Gasteiger partial charge >= 0.3 is 0 Å². The molecule has 0 bridgehead atoms. The van der Waals surface area contributed by atoms with Gasteiger partial charge < -0.3 is 9.15 Å². The van der Waals surface area contributed by atoms with Gasteiger partial charge in [-0.2, -0.15) is 4.98 Å². The summed E-state index contributed by atoms with van der Waals surface area (Å²) >= 11 is 1.49. The summed E-state index contributed by atoms with van der Waals surface area (Å²) in [6.07, 6.45) is 6.18. The Bertz CT molecular complexity index is 1130. The number of nitrogens with zero attached hydrogens (tertiary/aromatic N) is 3. The van der Waals surface area contributed by atoms with Crippen LogP contribution in [0.4, 0.5) is 0 Å². The average molecular weight is 422 g/mol. The highest BCUT2D eigenvalue weighted by Gasteiger charge is 2.29. The van der Waals surface area contributed by atoms with E-state index in [4.69, 9.17) is 9.15 Å². The molecule has 1 saturated heterocycles. The Morgan fingerprint density at radius 3 is 2.80 bits per heavy atom. The Labute approximate surface area is 180 Å². The molecule has 5 nitrogen and oxygen atoms in total. The van der Waals surface area contributed by atoms with Crippen molar-refractivity contribution in [1.29, 1.82) is 0 Å². The summed E-state index contributed by atoms with van der Waals surface area (Å²) in [5.41, 5.74) is 3.22. The fraction of sp³-hybridized carbons (Fsp3) is 0.417. The number of aromatic nitrogens is 2. The van der Waals surface area contributed by atoms with Gasteiger partial charge in [0.15, 0.2) is 5.65 Å². The van der Waals surface area contributed by atoms with E-state index in [0.29, 0.717) is 16.3 Å². The summed E-state index contributed by atoms with van der Waals surface area (Å²) in [7, 11) is 0. The maximum absolute atomic E-state index is 5.97. The van der Waals surface area contributed by atoms with Crippen LogP contribution in [0.2, 0.25) is 0 Å². The first-order valence-corrected chi connectivity index (χ1v) is 11.4. The van der Waals surface area contributed by atoms with Crippen molar-refractivity contribution in [2.24, 2.45) is 11.3 Å². The van der Waals surface area contributed by atoms with Crippen LogP contribution in [0.15, 0.2) is 47.2 Å². The lowest BCUT2D eigenvalue weighted by Gasteiger charge is -2.38. The highest BCUT2D eigenvalue weighted by Crippen LogP contribution is 2.36. The minimum absolute atomic E-state index is 0.407. The van der Waals surface area contributed by atoms with E-state index in [-0.39, 0.29) is 0 Å². The van der Waals surface area contributed by atoms with Crippen molar-refractivity contribution < 1.29 is 9.15 Å². The molecule has 30 heavy (non-hydrogen) atoms. The van der Waals surface area contributed by atoms with E-state index in [1.807, 2.05) is 30.5 Å². The number of hydrogen-bond donors (Lipinski definition) is 0. The number of hydrogen-bond acceptors (Lipinski definition) is 6. The van der Waals surface area contributed by atoms with Gasteiger partial charge in [0.25, 0.3) is 5.19 Å². The van der Waals surface area contributed by atoms with Gasteiger partial charge in [0, 0.05) is 29.8 Å². The van der Waals surface area contributed by atoms with Crippen molar-refractivity contribution in [3.8, 4) is 10.9 Å². The maximum atomic E-state index is 5.97. The third-order valence-corrected chi connectivity index (χ3v) is 7.07. The second-order valence-corrected chi connectivity index (χ2v) is 10.2. The van der Waals surface area contributed by atoms with Crippen LogP contribution in [-0.4, -0.2) is 28.0 Å². The molecule has 6 heteroatoms. The number of rotatable bonds is 4. The molecular formula is C24H27N3O2S. The summed E-state index contributed by atoms with van der Waals surface area (Å²) < 4.78 is 12.9. The van der Waals surface area contributed by atoms with E-state index in [2.05, 4.69) is 41.7 Å². The smallest absolute Gasteiger partial charge is 0.281 e. The first-order chi connectivity index (χ1) is 14.5. The second-order valence-electron chi connectivity index (χ2n) is 9.24. The molecule has 1 aliphatic rings. The quantitative estimate of drug-likeness (QED) is 0.377. The lowest BCUT2D eigenvalue weighted by Crippen LogP contribution is -2.37. The monoisotopic (exact) mass is 421 g/mol. The van der Waals surface area contributed by atoms with E-state index in [1.54, 1.807) is 6.20 Å². The Morgan fingerprint density at radius 2 is 2.03 bits per heavy atom. The number of thiazole rings is 1. The zero-order chi connectivity index (χ0) is 20.7. The van der Waals surface area contributed by atoms with E-state index < -0.39 is 0 Å². The van der Waals surface area contributed by atoms with Crippen LogP contribution < -0.4 is 4.74 Å². The number of likely N-dealkylation sites (tertiary alicyclic amines) is 1. The Balaban J connectivity index is 1.28. The van der Waals surface area contributed by atoms with Crippen LogP contribution >= 0.6 is 11.3 Å². The number of pyridine rings is 1. The van der Waals surface area contributed by atoms with Gasteiger partial charge in [0.1, 0.15) is 11.3 Å². The lowest BCUT2D eigenvalue weighted by atomic mass is 9.75. The molecule has 5 rings (SSSR count). The molecule has 0 unspecified atom stereocenters. The van der Waals surface area contributed by atoms with E-state index in [9.17, 15) is 0 Å². The first-order valence-electron chi connectivity index (χ1n) is 10.6. The van der Waals surface area contributed by atoms with Gasteiger partial charge in [-0.25, -0.2) is 4.98 Å². The third-order valence-electron chi connectivity index (χ3n) is 6.18. The van der Waals surface area contributed by atoms with Gasteiger partial charge in [0.05, 0.1) is 11.0 Å². The predicted molar refractivity (Wildman–Crippen MR) is 121 cm³/mol. The highest BCUT2D eigenvalue weighted by molar-refractivity contribution is 7.20. The van der Waals surface area contributed by atoms with Crippen molar-refractivity contribution in [1.82, 2.24) is 14.9 Å². The van der Waals surface area contributed by atoms with Crippen LogP contribution in [0.5, 0.6) is 10.9 Å². The van der Waals surface area contributed by atoms with Gasteiger partial charge in [0.2, 0.25) is 0 Å². The Morgan fingerprint density at radius 1 is 1.20 bits per heavy atom. The molecule has 3 aromatic heterocycles. The van der Waals surface area contributed by atoms with Gasteiger partial charge in [-0.15, -0.1) is 0 Å². The average Bonchev–Trinajstić information content (AvgIpc) is 3.31. The van der Waals surface area contributed by atoms with Crippen LogP contribution in [0.1, 0.15) is 39.2 Å². The topological polar surface area (TPSA) is 51.4 Å². The Hall–Kier alpha value is -2.44. The second kappa shape index (κ2) is 7.67. The van der Waals surface area contributed by atoms with Crippen LogP contribution in [-0.2, 0) is 6.54 Å². The van der Waals surface area contributed by atoms with Crippen LogP contribution in [0.3, 0.4) is 0 Å². The highest BCUT2D eigenvalue weighted by atomic mass is 32.1. The summed E-state index contributed by atoms with van der Waals surface area (Å²) in [5, 5.41) is 1.75.